The zero-order chi connectivity index (χ0) is 14.0. The van der Waals surface area contributed by atoms with Crippen LogP contribution in [0.5, 0.6) is 0 Å². The molecule has 1 saturated heterocycles. The molecule has 1 N–H and O–H groups in total. The summed E-state index contributed by atoms with van der Waals surface area (Å²) in [6.45, 7) is 4.24. The Balaban J connectivity index is 1.68. The summed E-state index contributed by atoms with van der Waals surface area (Å²) in [5.41, 5.74) is 1.98. The first-order chi connectivity index (χ1) is 9.66. The maximum Gasteiger partial charge on any atom is 0.224 e. The van der Waals surface area contributed by atoms with Crippen LogP contribution >= 0.6 is 0 Å². The number of nitrogens with one attached hydrogen (secondary N) is 1. The van der Waals surface area contributed by atoms with E-state index in [4.69, 9.17) is 4.74 Å². The summed E-state index contributed by atoms with van der Waals surface area (Å²) in [5, 5.41) is 4.06. The van der Waals surface area contributed by atoms with Crippen LogP contribution in [-0.2, 0) is 16.0 Å². The van der Waals surface area contributed by atoms with E-state index in [9.17, 15) is 4.79 Å². The minimum absolute atomic E-state index is 0.0382. The van der Waals surface area contributed by atoms with Gasteiger partial charge in [-0.25, -0.2) is 0 Å². The average molecular weight is 270 g/mol. The van der Waals surface area contributed by atoms with Crippen molar-refractivity contribution < 1.29 is 9.53 Å². The fraction of sp³-hybridized carbons (Fsp3) is 0.375. The van der Waals surface area contributed by atoms with Crippen LogP contribution in [0.3, 0.4) is 0 Å². The number of carbonyl (C=O) groups excluding carboxylic acids is 1. The minimum Gasteiger partial charge on any atom is -0.380 e. The number of carbonyl (C=O) groups is 1. The van der Waals surface area contributed by atoms with E-state index in [1.807, 2.05) is 30.3 Å². The van der Waals surface area contributed by atoms with E-state index in [-0.39, 0.29) is 11.3 Å². The highest BCUT2D eigenvalue weighted by atomic mass is 16.5. The smallest absolute Gasteiger partial charge is 0.224 e. The lowest BCUT2D eigenvalue weighted by atomic mass is 9.88. The lowest BCUT2D eigenvalue weighted by Crippen LogP contribution is -2.48. The zero-order valence-corrected chi connectivity index (χ0v) is 11.6. The number of hydrogen-bond donors (Lipinski definition) is 1. The van der Waals surface area contributed by atoms with Gasteiger partial charge in [-0.2, -0.15) is 0 Å². The van der Waals surface area contributed by atoms with Gasteiger partial charge in [0.25, 0.3) is 0 Å². The van der Waals surface area contributed by atoms with Gasteiger partial charge in [-0.05, 0) is 11.6 Å². The van der Waals surface area contributed by atoms with Gasteiger partial charge in [0.15, 0.2) is 0 Å². The predicted octanol–water partition coefficient (Wildman–Crippen LogP) is 1.93. The molecule has 1 fully saturated rings. The predicted molar refractivity (Wildman–Crippen MR) is 77.4 cm³/mol. The third kappa shape index (κ3) is 2.65. The van der Waals surface area contributed by atoms with Gasteiger partial charge in [0, 0.05) is 23.5 Å². The Morgan fingerprint density at radius 2 is 2.15 bits per heavy atom. The van der Waals surface area contributed by atoms with Gasteiger partial charge < -0.3 is 10.1 Å². The van der Waals surface area contributed by atoms with E-state index in [0.717, 1.165) is 29.7 Å². The summed E-state index contributed by atoms with van der Waals surface area (Å²) < 4.78 is 5.18. The number of amides is 1. The Hall–Kier alpha value is -1.94. The Morgan fingerprint density at radius 1 is 1.35 bits per heavy atom. The van der Waals surface area contributed by atoms with Crippen LogP contribution in [0.1, 0.15) is 12.5 Å². The normalized spacial score (nSPS) is 16.6. The van der Waals surface area contributed by atoms with E-state index in [0.29, 0.717) is 13.0 Å². The monoisotopic (exact) mass is 270 g/mol. The largest absolute Gasteiger partial charge is 0.380 e. The molecule has 1 aromatic carbocycles. The molecule has 1 aliphatic rings. The number of pyridine rings is 1. The van der Waals surface area contributed by atoms with Crippen LogP contribution in [0.15, 0.2) is 36.5 Å². The molecule has 0 aliphatic carbocycles. The second kappa shape index (κ2) is 5.21. The van der Waals surface area contributed by atoms with Crippen LogP contribution in [0.25, 0.3) is 10.9 Å². The maximum absolute atomic E-state index is 12.1. The molecule has 104 valence electrons. The summed E-state index contributed by atoms with van der Waals surface area (Å²) >= 11 is 0. The molecule has 1 amide bonds. The molecule has 0 radical (unpaired) electrons. The molecule has 1 aromatic heterocycles. The van der Waals surface area contributed by atoms with Gasteiger partial charge in [0.1, 0.15) is 0 Å². The van der Waals surface area contributed by atoms with Crippen molar-refractivity contribution in [3.8, 4) is 0 Å². The summed E-state index contributed by atoms with van der Waals surface area (Å²) in [5.74, 6) is 0.0382. The van der Waals surface area contributed by atoms with Gasteiger partial charge in [-0.3, -0.25) is 9.78 Å². The molecule has 20 heavy (non-hydrogen) atoms. The molecule has 2 heterocycles. The molecule has 0 bridgehead atoms. The van der Waals surface area contributed by atoms with Crippen molar-refractivity contribution in [2.24, 2.45) is 5.41 Å². The Kier molecular flexibility index (Phi) is 3.40. The number of ether oxygens (including phenoxy) is 1. The number of fused-ring (bicyclic) bond motifs is 1. The number of benzene rings is 1. The minimum atomic E-state index is 0.0382. The molecule has 3 rings (SSSR count). The molecule has 4 nitrogen and oxygen atoms in total. The highest BCUT2D eigenvalue weighted by Gasteiger charge is 2.33. The lowest BCUT2D eigenvalue weighted by molar-refractivity contribution is -0.126. The van der Waals surface area contributed by atoms with Gasteiger partial charge in [-0.15, -0.1) is 0 Å². The number of rotatable bonds is 4. The number of para-hydroxylation sites is 1. The van der Waals surface area contributed by atoms with Gasteiger partial charge >= 0.3 is 0 Å². The van der Waals surface area contributed by atoms with Gasteiger partial charge in [-0.1, -0.05) is 31.2 Å². The number of aromatic nitrogens is 1. The van der Waals surface area contributed by atoms with E-state index < -0.39 is 0 Å². The third-order valence-corrected chi connectivity index (χ3v) is 3.68. The quantitative estimate of drug-likeness (QED) is 0.923. The topological polar surface area (TPSA) is 51.2 Å². The van der Waals surface area contributed by atoms with Crippen LogP contribution < -0.4 is 5.32 Å². The van der Waals surface area contributed by atoms with E-state index in [2.05, 4.69) is 17.2 Å². The summed E-state index contributed by atoms with van der Waals surface area (Å²) in [4.78, 5) is 16.4. The lowest BCUT2D eigenvalue weighted by Gasteiger charge is -2.38. The van der Waals surface area contributed by atoms with E-state index in [1.54, 1.807) is 6.20 Å². The third-order valence-electron chi connectivity index (χ3n) is 3.68. The first-order valence-corrected chi connectivity index (χ1v) is 6.83. The summed E-state index contributed by atoms with van der Waals surface area (Å²) in [7, 11) is 0. The van der Waals surface area contributed by atoms with Gasteiger partial charge in [0.2, 0.25) is 5.91 Å². The maximum atomic E-state index is 12.1. The van der Waals surface area contributed by atoms with Crippen molar-refractivity contribution >= 4 is 16.8 Å². The standard InChI is InChI=1S/C16H18N2O2/c1-16(10-20-11-16)9-18-14(19)8-13-5-2-4-12-6-3-7-17-15(12)13/h2-7H,8-11H2,1H3,(H,18,19). The SMILES string of the molecule is CC1(CNC(=O)Cc2cccc3cccnc23)COC1. The number of nitrogens with zero attached hydrogens (tertiary/aromatic N) is 1. The molecule has 4 heteroatoms. The van der Waals surface area contributed by atoms with Crippen LogP contribution in [-0.4, -0.2) is 30.6 Å². The molecule has 0 atom stereocenters. The van der Waals surface area contributed by atoms with Crippen molar-refractivity contribution in [3.05, 3.63) is 42.1 Å². The van der Waals surface area contributed by atoms with Crippen molar-refractivity contribution in [1.82, 2.24) is 10.3 Å². The molecule has 2 aromatic rings. The van der Waals surface area contributed by atoms with Crippen molar-refractivity contribution in [3.63, 3.8) is 0 Å². The molecule has 0 saturated carbocycles. The first kappa shape index (κ1) is 13.1. The highest BCUT2D eigenvalue weighted by Crippen LogP contribution is 2.25. The van der Waals surface area contributed by atoms with Crippen molar-refractivity contribution in [1.29, 1.82) is 0 Å². The second-order valence-corrected chi connectivity index (χ2v) is 5.75. The Morgan fingerprint density at radius 3 is 2.90 bits per heavy atom. The molecule has 0 spiro atoms. The summed E-state index contributed by atoms with van der Waals surface area (Å²) in [6.07, 6.45) is 2.13. The first-order valence-electron chi connectivity index (χ1n) is 6.83. The fourth-order valence-electron chi connectivity index (χ4n) is 2.41. The number of hydrogen-bond acceptors (Lipinski definition) is 3. The molecule has 1 aliphatic heterocycles. The highest BCUT2D eigenvalue weighted by molar-refractivity contribution is 5.87. The molecule has 0 unspecified atom stereocenters. The molecular formula is C16H18N2O2. The van der Waals surface area contributed by atoms with Crippen molar-refractivity contribution in [2.75, 3.05) is 19.8 Å². The fourth-order valence-corrected chi connectivity index (χ4v) is 2.41. The van der Waals surface area contributed by atoms with Gasteiger partial charge in [0.05, 0.1) is 25.2 Å². The van der Waals surface area contributed by atoms with Crippen LogP contribution in [0, 0.1) is 5.41 Å². The van der Waals surface area contributed by atoms with E-state index >= 15 is 0 Å². The van der Waals surface area contributed by atoms with Crippen LogP contribution in [0.4, 0.5) is 0 Å². The molecular weight excluding hydrogens is 252 g/mol. The second-order valence-electron chi connectivity index (χ2n) is 5.75. The summed E-state index contributed by atoms with van der Waals surface area (Å²) in [6, 6.07) is 9.85. The average Bonchev–Trinajstić information content (AvgIpc) is 2.43. The van der Waals surface area contributed by atoms with Crippen molar-refractivity contribution in [2.45, 2.75) is 13.3 Å². The zero-order valence-electron chi connectivity index (χ0n) is 11.6. The van der Waals surface area contributed by atoms with E-state index in [1.165, 1.54) is 0 Å². The Labute approximate surface area is 118 Å². The van der Waals surface area contributed by atoms with Crippen LogP contribution in [0.2, 0.25) is 0 Å². The Bertz CT molecular complexity index is 630.